The molecule has 0 saturated carbocycles. The number of Topliss-reactive ketones (excluding diaryl/α,β-unsaturated/α-hetero) is 1. The van der Waals surface area contributed by atoms with Crippen LogP contribution in [0.1, 0.15) is 21.5 Å². The highest BCUT2D eigenvalue weighted by atomic mass is 35.5. The van der Waals surface area contributed by atoms with Gasteiger partial charge in [0.2, 0.25) is 12.6 Å². The quantitative estimate of drug-likeness (QED) is 0.483. The maximum absolute atomic E-state index is 12.5. The lowest BCUT2D eigenvalue weighted by Crippen LogP contribution is -2.02. The zero-order chi connectivity index (χ0) is 16.4. The minimum Gasteiger partial charge on any atom is -0.454 e. The summed E-state index contributed by atoms with van der Waals surface area (Å²) < 4.78 is 10.5. The van der Waals surface area contributed by atoms with Crippen LogP contribution in [-0.2, 0) is 0 Å². The summed E-state index contributed by atoms with van der Waals surface area (Å²) in [7, 11) is 0. The molecule has 1 aliphatic rings. The Morgan fingerprint density at radius 3 is 2.87 bits per heavy atom. The molecule has 1 aliphatic heterocycles. The normalized spacial score (nSPS) is 12.8. The fourth-order valence-electron chi connectivity index (χ4n) is 2.33. The average molecular weight is 326 g/mol. The molecule has 0 fully saturated rings. The number of carbonyl (C=O) groups excluding carboxylic acids is 1. The van der Waals surface area contributed by atoms with E-state index in [-0.39, 0.29) is 18.1 Å². The highest BCUT2D eigenvalue weighted by molar-refractivity contribution is 6.32. The summed E-state index contributed by atoms with van der Waals surface area (Å²) in [5.74, 6) is 0.654. The van der Waals surface area contributed by atoms with Crippen LogP contribution in [0.4, 0.5) is 0 Å². The second-order valence-corrected chi connectivity index (χ2v) is 5.51. The van der Waals surface area contributed by atoms with Gasteiger partial charge in [0.25, 0.3) is 0 Å². The van der Waals surface area contributed by atoms with Crippen molar-refractivity contribution in [2.75, 3.05) is 6.79 Å². The maximum Gasteiger partial charge on any atom is 0.231 e. The molecule has 0 aromatic heterocycles. The van der Waals surface area contributed by atoms with Gasteiger partial charge in [-0.3, -0.25) is 4.79 Å². The van der Waals surface area contributed by atoms with Gasteiger partial charge in [-0.2, -0.15) is 5.26 Å². The fourth-order valence-corrected chi connectivity index (χ4v) is 2.60. The van der Waals surface area contributed by atoms with E-state index in [4.69, 9.17) is 21.1 Å². The Hall–Kier alpha value is -2.77. The Labute approximate surface area is 138 Å². The molecular weight excluding hydrogens is 314 g/mol. The highest BCUT2D eigenvalue weighted by Crippen LogP contribution is 2.40. The van der Waals surface area contributed by atoms with Crippen molar-refractivity contribution < 1.29 is 14.3 Å². The number of hydrogen-bond acceptors (Lipinski definition) is 4. The Morgan fingerprint density at radius 2 is 2.13 bits per heavy atom. The molecule has 3 rings (SSSR count). The van der Waals surface area contributed by atoms with Crippen molar-refractivity contribution in [3.05, 3.63) is 63.7 Å². The molecule has 0 amide bonds. The van der Waals surface area contributed by atoms with Gasteiger partial charge in [-0.15, -0.1) is 0 Å². The minimum atomic E-state index is -0.329. The number of aryl methyl sites for hydroxylation is 1. The number of ketones is 1. The lowest BCUT2D eigenvalue weighted by atomic mass is 10.0. The third kappa shape index (κ3) is 3.05. The van der Waals surface area contributed by atoms with Gasteiger partial charge in [-0.05, 0) is 36.8 Å². The predicted octanol–water partition coefficient (Wildman–Crippen LogP) is 4.17. The standard InChI is InChI=1S/C18H12ClNO3/c1-11-3-2-4-13(5-11)17(21)14(9-20)6-12-7-15(19)18-16(8-12)22-10-23-18/h2-8H,10H2,1H3/b14-6+. The van der Waals surface area contributed by atoms with Crippen LogP contribution in [-0.4, -0.2) is 12.6 Å². The summed E-state index contributed by atoms with van der Waals surface area (Å²) in [6, 6.07) is 12.4. The van der Waals surface area contributed by atoms with Crippen molar-refractivity contribution in [3.8, 4) is 17.6 Å². The Bertz CT molecular complexity index is 865. The predicted molar refractivity (Wildman–Crippen MR) is 86.7 cm³/mol. The molecule has 1 heterocycles. The van der Waals surface area contributed by atoms with Gasteiger partial charge in [0, 0.05) is 5.56 Å². The number of halogens is 1. The molecule has 0 bridgehead atoms. The van der Waals surface area contributed by atoms with E-state index in [1.807, 2.05) is 19.1 Å². The number of ether oxygens (including phenoxy) is 2. The van der Waals surface area contributed by atoms with Crippen LogP contribution in [0.3, 0.4) is 0 Å². The zero-order valence-corrected chi connectivity index (χ0v) is 13.1. The van der Waals surface area contributed by atoms with Crippen molar-refractivity contribution in [1.82, 2.24) is 0 Å². The molecule has 4 nitrogen and oxygen atoms in total. The first-order chi connectivity index (χ1) is 11.1. The van der Waals surface area contributed by atoms with Crippen LogP contribution in [0.5, 0.6) is 11.5 Å². The Balaban J connectivity index is 1.98. The number of allylic oxidation sites excluding steroid dienone is 1. The molecule has 23 heavy (non-hydrogen) atoms. The van der Waals surface area contributed by atoms with E-state index in [0.717, 1.165) is 5.56 Å². The number of rotatable bonds is 3. The average Bonchev–Trinajstić information content (AvgIpc) is 3.01. The molecule has 5 heteroatoms. The minimum absolute atomic E-state index is 0.0329. The molecule has 0 atom stereocenters. The largest absolute Gasteiger partial charge is 0.454 e. The number of nitrogens with zero attached hydrogens (tertiary/aromatic N) is 1. The van der Waals surface area contributed by atoms with Crippen LogP contribution >= 0.6 is 11.6 Å². The second kappa shape index (κ2) is 6.15. The van der Waals surface area contributed by atoms with E-state index in [0.29, 0.717) is 27.6 Å². The van der Waals surface area contributed by atoms with Crippen molar-refractivity contribution in [2.24, 2.45) is 0 Å². The molecular formula is C18H12ClNO3. The van der Waals surface area contributed by atoms with Crippen LogP contribution < -0.4 is 9.47 Å². The number of hydrogen-bond donors (Lipinski definition) is 0. The van der Waals surface area contributed by atoms with Gasteiger partial charge in [0.1, 0.15) is 11.6 Å². The van der Waals surface area contributed by atoms with Crippen molar-refractivity contribution >= 4 is 23.5 Å². The lowest BCUT2D eigenvalue weighted by molar-refractivity contribution is 0.104. The van der Waals surface area contributed by atoms with E-state index in [1.165, 1.54) is 6.08 Å². The third-order valence-electron chi connectivity index (χ3n) is 3.41. The molecule has 2 aromatic rings. The molecule has 2 aromatic carbocycles. The monoisotopic (exact) mass is 325 g/mol. The first-order valence-electron chi connectivity index (χ1n) is 6.91. The Kier molecular flexibility index (Phi) is 4.05. The number of nitriles is 1. The van der Waals surface area contributed by atoms with Crippen molar-refractivity contribution in [2.45, 2.75) is 6.92 Å². The first kappa shape index (κ1) is 15.1. The van der Waals surface area contributed by atoms with Gasteiger partial charge >= 0.3 is 0 Å². The summed E-state index contributed by atoms with van der Waals surface area (Å²) in [5, 5.41) is 9.70. The van der Waals surface area contributed by atoms with Crippen LogP contribution in [0.25, 0.3) is 6.08 Å². The molecule has 114 valence electrons. The first-order valence-corrected chi connectivity index (χ1v) is 7.28. The van der Waals surface area contributed by atoms with Gasteiger partial charge in [-0.25, -0.2) is 0 Å². The maximum atomic E-state index is 12.5. The summed E-state index contributed by atoms with van der Waals surface area (Å²) in [6.45, 7) is 2.00. The van der Waals surface area contributed by atoms with Gasteiger partial charge in [0.05, 0.1) is 5.02 Å². The zero-order valence-electron chi connectivity index (χ0n) is 12.3. The molecule has 0 aliphatic carbocycles. The third-order valence-corrected chi connectivity index (χ3v) is 3.69. The smallest absolute Gasteiger partial charge is 0.231 e. The number of fused-ring (bicyclic) bond motifs is 1. The number of benzene rings is 2. The summed E-state index contributed by atoms with van der Waals surface area (Å²) >= 11 is 6.12. The van der Waals surface area contributed by atoms with Crippen LogP contribution in [0.15, 0.2) is 42.0 Å². The summed E-state index contributed by atoms with van der Waals surface area (Å²) in [4.78, 5) is 12.5. The van der Waals surface area contributed by atoms with Crippen molar-refractivity contribution in [3.63, 3.8) is 0 Å². The molecule has 0 N–H and O–H groups in total. The van der Waals surface area contributed by atoms with E-state index in [2.05, 4.69) is 0 Å². The molecule has 0 unspecified atom stereocenters. The highest BCUT2D eigenvalue weighted by Gasteiger charge is 2.19. The second-order valence-electron chi connectivity index (χ2n) is 5.10. The van der Waals surface area contributed by atoms with Gasteiger partial charge < -0.3 is 9.47 Å². The summed E-state index contributed by atoms with van der Waals surface area (Å²) in [5.41, 5.74) is 2.08. The van der Waals surface area contributed by atoms with E-state index >= 15 is 0 Å². The van der Waals surface area contributed by atoms with E-state index in [9.17, 15) is 10.1 Å². The lowest BCUT2D eigenvalue weighted by Gasteiger charge is -2.03. The topological polar surface area (TPSA) is 59.3 Å². The van der Waals surface area contributed by atoms with E-state index in [1.54, 1.807) is 30.3 Å². The number of carbonyl (C=O) groups is 1. The SMILES string of the molecule is Cc1cccc(C(=O)/C(C#N)=C/c2cc(Cl)c3c(c2)OCO3)c1. The molecule has 0 spiro atoms. The van der Waals surface area contributed by atoms with E-state index < -0.39 is 0 Å². The molecule has 0 radical (unpaired) electrons. The van der Waals surface area contributed by atoms with Crippen molar-refractivity contribution in [1.29, 1.82) is 5.26 Å². The van der Waals surface area contributed by atoms with Crippen LogP contribution in [0, 0.1) is 18.3 Å². The van der Waals surface area contributed by atoms with Gasteiger partial charge in [-0.1, -0.05) is 35.4 Å². The molecule has 0 saturated heterocycles. The van der Waals surface area contributed by atoms with Gasteiger partial charge in [0.15, 0.2) is 11.5 Å². The summed E-state index contributed by atoms with van der Waals surface area (Å²) in [6.07, 6.45) is 1.50. The fraction of sp³-hybridized carbons (Fsp3) is 0.111. The van der Waals surface area contributed by atoms with Crippen LogP contribution in [0.2, 0.25) is 5.02 Å². The Morgan fingerprint density at radius 1 is 1.30 bits per heavy atom.